The minimum Gasteiger partial charge on any atom is -0.350 e. The van der Waals surface area contributed by atoms with Crippen molar-refractivity contribution in [3.63, 3.8) is 0 Å². The fourth-order valence-electron chi connectivity index (χ4n) is 2.18. The third kappa shape index (κ3) is 4.19. The summed E-state index contributed by atoms with van der Waals surface area (Å²) in [6, 6.07) is 8.92. The van der Waals surface area contributed by atoms with E-state index < -0.39 is 0 Å². The number of benzene rings is 1. The SMILES string of the molecule is CCC(C)NC(=O)c1ccnc(C(=O)Nc2cccc(C)c2C)c1. The minimum atomic E-state index is -0.332. The van der Waals surface area contributed by atoms with Gasteiger partial charge in [0, 0.05) is 23.5 Å². The predicted molar refractivity (Wildman–Crippen MR) is 95.3 cm³/mol. The zero-order valence-electron chi connectivity index (χ0n) is 14.5. The summed E-state index contributed by atoms with van der Waals surface area (Å²) in [4.78, 5) is 28.7. The Bertz CT molecular complexity index is 756. The molecule has 0 saturated heterocycles. The molecule has 0 saturated carbocycles. The summed E-state index contributed by atoms with van der Waals surface area (Å²) >= 11 is 0. The highest BCUT2D eigenvalue weighted by Gasteiger charge is 2.14. The first-order valence-corrected chi connectivity index (χ1v) is 8.06. The summed E-state index contributed by atoms with van der Waals surface area (Å²) in [5.74, 6) is -0.533. The van der Waals surface area contributed by atoms with Crippen LogP contribution in [0, 0.1) is 13.8 Å². The third-order valence-electron chi connectivity index (χ3n) is 4.10. The van der Waals surface area contributed by atoms with Crippen LogP contribution in [-0.4, -0.2) is 22.8 Å². The molecule has 1 heterocycles. The maximum atomic E-state index is 12.4. The topological polar surface area (TPSA) is 71.1 Å². The quantitative estimate of drug-likeness (QED) is 0.884. The van der Waals surface area contributed by atoms with Gasteiger partial charge < -0.3 is 10.6 Å². The number of hydrogen-bond acceptors (Lipinski definition) is 3. The fraction of sp³-hybridized carbons (Fsp3) is 0.316. The van der Waals surface area contributed by atoms with Crippen molar-refractivity contribution in [2.45, 2.75) is 40.2 Å². The van der Waals surface area contributed by atoms with Crippen molar-refractivity contribution in [3.05, 3.63) is 58.9 Å². The van der Waals surface area contributed by atoms with Gasteiger partial charge in [-0.15, -0.1) is 0 Å². The van der Waals surface area contributed by atoms with Gasteiger partial charge in [0.25, 0.3) is 11.8 Å². The Morgan fingerprint density at radius 2 is 1.92 bits per heavy atom. The van der Waals surface area contributed by atoms with Crippen LogP contribution in [-0.2, 0) is 0 Å². The van der Waals surface area contributed by atoms with Gasteiger partial charge in [0.05, 0.1) is 0 Å². The number of rotatable bonds is 5. The van der Waals surface area contributed by atoms with Crippen molar-refractivity contribution in [2.75, 3.05) is 5.32 Å². The molecule has 0 spiro atoms. The van der Waals surface area contributed by atoms with E-state index in [1.807, 2.05) is 45.9 Å². The Morgan fingerprint density at radius 3 is 2.62 bits per heavy atom. The first kappa shape index (κ1) is 17.7. The van der Waals surface area contributed by atoms with Crippen molar-refractivity contribution in [1.82, 2.24) is 10.3 Å². The molecule has 2 amide bonds. The van der Waals surface area contributed by atoms with E-state index in [9.17, 15) is 9.59 Å². The van der Waals surface area contributed by atoms with E-state index in [0.717, 1.165) is 23.2 Å². The van der Waals surface area contributed by atoms with E-state index in [4.69, 9.17) is 0 Å². The molecule has 1 aromatic heterocycles. The van der Waals surface area contributed by atoms with Gasteiger partial charge in [-0.3, -0.25) is 14.6 Å². The molecule has 2 rings (SSSR count). The third-order valence-corrected chi connectivity index (χ3v) is 4.10. The smallest absolute Gasteiger partial charge is 0.274 e. The molecule has 1 aromatic carbocycles. The van der Waals surface area contributed by atoms with Gasteiger partial charge in [-0.2, -0.15) is 0 Å². The molecule has 5 nitrogen and oxygen atoms in total. The lowest BCUT2D eigenvalue weighted by molar-refractivity contribution is 0.0939. The van der Waals surface area contributed by atoms with Gasteiger partial charge in [0.2, 0.25) is 0 Å². The van der Waals surface area contributed by atoms with Gasteiger partial charge in [-0.1, -0.05) is 19.1 Å². The molecular formula is C19H23N3O2. The molecule has 2 N–H and O–H groups in total. The molecule has 2 aromatic rings. The van der Waals surface area contributed by atoms with Crippen molar-refractivity contribution >= 4 is 17.5 Å². The Morgan fingerprint density at radius 1 is 1.17 bits per heavy atom. The van der Waals surface area contributed by atoms with E-state index >= 15 is 0 Å². The molecule has 0 fully saturated rings. The number of pyridine rings is 1. The summed E-state index contributed by atoms with van der Waals surface area (Å²) in [5, 5.41) is 5.73. The zero-order valence-corrected chi connectivity index (χ0v) is 14.5. The van der Waals surface area contributed by atoms with Crippen molar-refractivity contribution < 1.29 is 9.59 Å². The van der Waals surface area contributed by atoms with Gasteiger partial charge in [0.1, 0.15) is 5.69 Å². The van der Waals surface area contributed by atoms with Crippen molar-refractivity contribution in [2.24, 2.45) is 0 Å². The maximum absolute atomic E-state index is 12.4. The normalized spacial score (nSPS) is 11.7. The van der Waals surface area contributed by atoms with Crippen LogP contribution in [0.5, 0.6) is 0 Å². The molecule has 126 valence electrons. The zero-order chi connectivity index (χ0) is 17.7. The van der Waals surface area contributed by atoms with E-state index in [1.54, 1.807) is 6.07 Å². The van der Waals surface area contributed by atoms with Crippen LogP contribution in [0.15, 0.2) is 36.5 Å². The van der Waals surface area contributed by atoms with Gasteiger partial charge in [0.15, 0.2) is 0 Å². The number of amides is 2. The largest absolute Gasteiger partial charge is 0.350 e. The maximum Gasteiger partial charge on any atom is 0.274 e. The van der Waals surface area contributed by atoms with E-state index in [0.29, 0.717) is 5.56 Å². The highest BCUT2D eigenvalue weighted by atomic mass is 16.2. The summed E-state index contributed by atoms with van der Waals surface area (Å²) in [6.07, 6.45) is 2.32. The van der Waals surface area contributed by atoms with Crippen LogP contribution in [0.25, 0.3) is 0 Å². The minimum absolute atomic E-state index is 0.0814. The summed E-state index contributed by atoms with van der Waals surface area (Å²) in [5.41, 5.74) is 3.50. The fourth-order valence-corrected chi connectivity index (χ4v) is 2.18. The number of carbonyl (C=O) groups excluding carboxylic acids is 2. The number of nitrogens with one attached hydrogen (secondary N) is 2. The molecule has 0 aliphatic rings. The highest BCUT2D eigenvalue weighted by molar-refractivity contribution is 6.05. The standard InChI is InChI=1S/C19H23N3O2/c1-5-13(3)21-18(23)15-9-10-20-17(11-15)19(24)22-16-8-6-7-12(2)14(16)4/h6-11,13H,5H2,1-4H3,(H,21,23)(H,22,24). The number of aryl methyl sites for hydroxylation is 1. The number of carbonyl (C=O) groups is 2. The lowest BCUT2D eigenvalue weighted by atomic mass is 10.1. The number of aromatic nitrogens is 1. The molecule has 1 atom stereocenters. The van der Waals surface area contributed by atoms with E-state index in [1.165, 1.54) is 12.3 Å². The average Bonchev–Trinajstić information content (AvgIpc) is 2.58. The average molecular weight is 325 g/mol. The number of anilines is 1. The van der Waals surface area contributed by atoms with Crippen LogP contribution in [0.1, 0.15) is 52.2 Å². The molecule has 24 heavy (non-hydrogen) atoms. The Hall–Kier alpha value is -2.69. The van der Waals surface area contributed by atoms with Crippen molar-refractivity contribution in [1.29, 1.82) is 0 Å². The number of nitrogens with zero attached hydrogens (tertiary/aromatic N) is 1. The Labute approximate surface area is 142 Å². The lowest BCUT2D eigenvalue weighted by Gasteiger charge is -2.12. The molecule has 0 bridgehead atoms. The van der Waals surface area contributed by atoms with Crippen molar-refractivity contribution in [3.8, 4) is 0 Å². The first-order valence-electron chi connectivity index (χ1n) is 8.06. The molecule has 5 heteroatoms. The van der Waals surface area contributed by atoms with Crippen LogP contribution in [0.4, 0.5) is 5.69 Å². The van der Waals surface area contributed by atoms with Crippen LogP contribution in [0.3, 0.4) is 0 Å². The van der Waals surface area contributed by atoms with Gasteiger partial charge >= 0.3 is 0 Å². The van der Waals surface area contributed by atoms with E-state index in [2.05, 4.69) is 15.6 Å². The highest BCUT2D eigenvalue weighted by Crippen LogP contribution is 2.18. The van der Waals surface area contributed by atoms with Crippen LogP contribution >= 0.6 is 0 Å². The molecule has 1 unspecified atom stereocenters. The second kappa shape index (κ2) is 7.73. The van der Waals surface area contributed by atoms with Gasteiger partial charge in [-0.05, 0) is 56.5 Å². The predicted octanol–water partition coefficient (Wildman–Crippen LogP) is 3.48. The molecule has 0 aliphatic heterocycles. The first-order chi connectivity index (χ1) is 11.4. The molecule has 0 aliphatic carbocycles. The summed E-state index contributed by atoms with van der Waals surface area (Å²) in [7, 11) is 0. The van der Waals surface area contributed by atoms with Gasteiger partial charge in [-0.25, -0.2) is 0 Å². The molecular weight excluding hydrogens is 302 g/mol. The lowest BCUT2D eigenvalue weighted by Crippen LogP contribution is -2.32. The Balaban J connectivity index is 2.17. The Kier molecular flexibility index (Phi) is 5.68. The van der Waals surface area contributed by atoms with E-state index in [-0.39, 0.29) is 23.6 Å². The van der Waals surface area contributed by atoms with Crippen LogP contribution in [0.2, 0.25) is 0 Å². The summed E-state index contributed by atoms with van der Waals surface area (Å²) < 4.78 is 0. The summed E-state index contributed by atoms with van der Waals surface area (Å²) in [6.45, 7) is 7.88. The molecule has 0 radical (unpaired) electrons. The second-order valence-electron chi connectivity index (χ2n) is 5.91. The van der Waals surface area contributed by atoms with Crippen LogP contribution < -0.4 is 10.6 Å². The second-order valence-corrected chi connectivity index (χ2v) is 5.91. The number of hydrogen-bond donors (Lipinski definition) is 2. The monoisotopic (exact) mass is 325 g/mol.